The van der Waals surface area contributed by atoms with Crippen molar-refractivity contribution in [2.24, 2.45) is 10.9 Å². The third kappa shape index (κ3) is 3.80. The van der Waals surface area contributed by atoms with Crippen molar-refractivity contribution in [3.8, 4) is 11.5 Å². The number of amidine groups is 1. The summed E-state index contributed by atoms with van der Waals surface area (Å²) in [6.45, 7) is 4.92. The van der Waals surface area contributed by atoms with Gasteiger partial charge in [0.25, 0.3) is 0 Å². The summed E-state index contributed by atoms with van der Waals surface area (Å²) in [6.07, 6.45) is 0.368. The maximum atomic E-state index is 12.3. The second-order valence-corrected chi connectivity index (χ2v) is 10.7. The molecule has 3 aliphatic rings. The molecule has 2 unspecified atom stereocenters. The van der Waals surface area contributed by atoms with E-state index in [2.05, 4.69) is 4.99 Å². The molecule has 3 aliphatic heterocycles. The van der Waals surface area contributed by atoms with Crippen LogP contribution in [0.15, 0.2) is 23.2 Å². The van der Waals surface area contributed by atoms with Crippen molar-refractivity contribution >= 4 is 38.4 Å². The van der Waals surface area contributed by atoms with Gasteiger partial charge < -0.3 is 14.4 Å². The Hall–Kier alpha value is -1.74. The van der Waals surface area contributed by atoms with Crippen LogP contribution in [-0.2, 0) is 14.6 Å². The molecule has 1 amide bonds. The highest BCUT2D eigenvalue weighted by atomic mass is 32.2. The van der Waals surface area contributed by atoms with E-state index < -0.39 is 9.84 Å². The van der Waals surface area contributed by atoms with Gasteiger partial charge in [-0.25, -0.2) is 8.42 Å². The van der Waals surface area contributed by atoms with Crippen molar-refractivity contribution < 1.29 is 22.7 Å². The molecule has 0 radical (unpaired) electrons. The van der Waals surface area contributed by atoms with Crippen LogP contribution in [-0.4, -0.2) is 55.5 Å². The van der Waals surface area contributed by atoms with E-state index in [9.17, 15) is 13.2 Å². The molecule has 1 aromatic rings. The smallest absolute Gasteiger partial charge is 0.248 e. The molecule has 2 atom stereocenters. The molecule has 27 heavy (non-hydrogen) atoms. The van der Waals surface area contributed by atoms with Crippen molar-refractivity contribution in [1.82, 2.24) is 0 Å². The number of rotatable bonds is 3. The van der Waals surface area contributed by atoms with E-state index >= 15 is 0 Å². The molecule has 4 rings (SSSR count). The predicted molar refractivity (Wildman–Crippen MR) is 106 cm³/mol. The van der Waals surface area contributed by atoms with Gasteiger partial charge in [0.15, 0.2) is 26.5 Å². The van der Waals surface area contributed by atoms with Crippen LogP contribution < -0.4 is 14.4 Å². The van der Waals surface area contributed by atoms with Crippen LogP contribution in [0.3, 0.4) is 0 Å². The van der Waals surface area contributed by atoms with E-state index in [0.29, 0.717) is 36.3 Å². The Balaban J connectivity index is 1.70. The lowest BCUT2D eigenvalue weighted by atomic mass is 10.1. The second kappa shape index (κ2) is 7.01. The molecular formula is C18H22N2O5S2. The van der Waals surface area contributed by atoms with Crippen LogP contribution >= 0.6 is 11.8 Å². The molecule has 9 heteroatoms. The minimum atomic E-state index is -3.09. The van der Waals surface area contributed by atoms with Gasteiger partial charge in [-0.3, -0.25) is 4.79 Å². The van der Waals surface area contributed by atoms with Crippen molar-refractivity contribution in [1.29, 1.82) is 0 Å². The minimum absolute atomic E-state index is 0.0660. The van der Waals surface area contributed by atoms with E-state index in [-0.39, 0.29) is 34.6 Å². The highest BCUT2D eigenvalue weighted by Crippen LogP contribution is 2.43. The van der Waals surface area contributed by atoms with Gasteiger partial charge >= 0.3 is 0 Å². The van der Waals surface area contributed by atoms with Crippen LogP contribution in [0.25, 0.3) is 0 Å². The Morgan fingerprint density at radius 2 is 2.00 bits per heavy atom. The van der Waals surface area contributed by atoms with Crippen molar-refractivity contribution in [3.63, 3.8) is 0 Å². The number of sulfone groups is 1. The number of amides is 1. The van der Waals surface area contributed by atoms with Gasteiger partial charge in [0, 0.05) is 23.4 Å². The normalized spacial score (nSPS) is 27.2. The zero-order valence-electron chi connectivity index (χ0n) is 15.3. The van der Waals surface area contributed by atoms with Crippen LogP contribution in [0.5, 0.6) is 11.5 Å². The Morgan fingerprint density at radius 1 is 1.26 bits per heavy atom. The molecule has 2 fully saturated rings. The summed E-state index contributed by atoms with van der Waals surface area (Å²) in [5.74, 6) is 1.51. The summed E-state index contributed by atoms with van der Waals surface area (Å²) >= 11 is 1.38. The lowest BCUT2D eigenvalue weighted by Gasteiger charge is -2.26. The molecule has 7 nitrogen and oxygen atoms in total. The number of aliphatic imine (C=N–C) groups is 1. The topological polar surface area (TPSA) is 85.3 Å². The average Bonchev–Trinajstić information content (AvgIpc) is 3.04. The Bertz CT molecular complexity index is 897. The fourth-order valence-corrected chi connectivity index (χ4v) is 7.48. The number of carbonyl (C=O) groups excluding carboxylic acids is 1. The second-order valence-electron chi connectivity index (χ2n) is 7.38. The number of carbonyl (C=O) groups is 1. The van der Waals surface area contributed by atoms with Gasteiger partial charge in [-0.1, -0.05) is 25.6 Å². The van der Waals surface area contributed by atoms with Gasteiger partial charge in [0.05, 0.1) is 17.5 Å². The number of ether oxygens (including phenoxy) is 2. The summed E-state index contributed by atoms with van der Waals surface area (Å²) < 4.78 is 35.5. The first-order valence-electron chi connectivity index (χ1n) is 9.00. The lowest BCUT2D eigenvalue weighted by Crippen LogP contribution is -2.37. The number of nitrogens with zero attached hydrogens (tertiary/aromatic N) is 2. The largest absolute Gasteiger partial charge is 0.486 e. The van der Waals surface area contributed by atoms with Gasteiger partial charge in [0.2, 0.25) is 5.91 Å². The molecule has 0 spiro atoms. The summed E-state index contributed by atoms with van der Waals surface area (Å²) in [5, 5.41) is 0.455. The molecule has 3 heterocycles. The van der Waals surface area contributed by atoms with E-state index in [1.807, 2.05) is 36.9 Å². The Kier molecular flexibility index (Phi) is 4.84. The van der Waals surface area contributed by atoms with E-state index in [1.54, 1.807) is 0 Å². The van der Waals surface area contributed by atoms with E-state index in [0.717, 1.165) is 5.69 Å². The van der Waals surface area contributed by atoms with Crippen molar-refractivity contribution in [3.05, 3.63) is 18.2 Å². The van der Waals surface area contributed by atoms with Gasteiger partial charge in [-0.2, -0.15) is 4.99 Å². The summed E-state index contributed by atoms with van der Waals surface area (Å²) in [6, 6.07) is 5.29. The third-order valence-electron chi connectivity index (χ3n) is 4.67. The molecule has 0 aliphatic carbocycles. The van der Waals surface area contributed by atoms with Crippen LogP contribution in [0.1, 0.15) is 20.3 Å². The van der Waals surface area contributed by atoms with Crippen LogP contribution in [0.2, 0.25) is 0 Å². The zero-order valence-corrected chi connectivity index (χ0v) is 16.9. The monoisotopic (exact) mass is 410 g/mol. The van der Waals surface area contributed by atoms with Crippen LogP contribution in [0, 0.1) is 5.92 Å². The molecule has 0 aromatic heterocycles. The Morgan fingerprint density at radius 3 is 2.74 bits per heavy atom. The molecule has 1 aromatic carbocycles. The highest BCUT2D eigenvalue weighted by molar-refractivity contribution is 8.16. The quantitative estimate of drug-likeness (QED) is 0.754. The fraction of sp³-hybridized carbons (Fsp3) is 0.556. The van der Waals surface area contributed by atoms with E-state index in [1.165, 1.54) is 11.8 Å². The lowest BCUT2D eigenvalue weighted by molar-refractivity contribution is -0.118. The predicted octanol–water partition coefficient (Wildman–Crippen LogP) is 2.11. The first-order chi connectivity index (χ1) is 12.8. The van der Waals surface area contributed by atoms with E-state index in [4.69, 9.17) is 9.47 Å². The number of fused-ring (bicyclic) bond motifs is 2. The number of benzene rings is 1. The summed E-state index contributed by atoms with van der Waals surface area (Å²) in [5.41, 5.74) is 0.771. The zero-order chi connectivity index (χ0) is 19.2. The summed E-state index contributed by atoms with van der Waals surface area (Å²) in [7, 11) is -3.09. The molecule has 0 saturated carbocycles. The maximum absolute atomic E-state index is 12.3. The maximum Gasteiger partial charge on any atom is 0.248 e. The molecule has 146 valence electrons. The minimum Gasteiger partial charge on any atom is -0.486 e. The van der Waals surface area contributed by atoms with Crippen molar-refractivity contribution in [2.45, 2.75) is 31.6 Å². The first kappa shape index (κ1) is 18.6. The molecule has 0 N–H and O–H groups in total. The van der Waals surface area contributed by atoms with Gasteiger partial charge in [0.1, 0.15) is 13.2 Å². The average molecular weight is 411 g/mol. The third-order valence-corrected chi connectivity index (χ3v) is 7.88. The standard InChI is InChI=1S/C18H22N2O5S2/c1-11(2)7-17(21)19-18-20(13-9-27(22,23)10-16(13)26-18)12-3-4-14-15(8-12)25-6-5-24-14/h3-4,8,11,13,16H,5-7,9-10H2,1-2H3. The van der Waals surface area contributed by atoms with Gasteiger partial charge in [-0.15, -0.1) is 0 Å². The first-order valence-corrected chi connectivity index (χ1v) is 11.7. The molecule has 2 saturated heterocycles. The SMILES string of the molecule is CC(C)CC(=O)N=C1SC2CS(=O)(=O)CC2N1c1ccc2c(c1)OCCO2. The van der Waals surface area contributed by atoms with Gasteiger partial charge in [-0.05, 0) is 18.1 Å². The Labute approximate surface area is 163 Å². The fourth-order valence-electron chi connectivity index (χ4n) is 3.55. The number of hydrogen-bond donors (Lipinski definition) is 0. The number of hydrogen-bond acceptors (Lipinski definition) is 6. The van der Waals surface area contributed by atoms with Crippen molar-refractivity contribution in [2.75, 3.05) is 29.6 Å². The summed E-state index contributed by atoms with van der Waals surface area (Å²) in [4.78, 5) is 18.5. The highest BCUT2D eigenvalue weighted by Gasteiger charge is 2.49. The van der Waals surface area contributed by atoms with Crippen LogP contribution in [0.4, 0.5) is 5.69 Å². The number of anilines is 1. The molecule has 0 bridgehead atoms. The number of thioether (sulfide) groups is 1. The molecular weight excluding hydrogens is 388 g/mol.